The molecule has 0 fully saturated rings. The number of hydrogen-bond acceptors (Lipinski definition) is 7. The molecule has 0 aliphatic carbocycles. The number of carbonyl (C=O) groups is 1. The largest absolute Gasteiger partial charge is 0.493 e. The van der Waals surface area contributed by atoms with E-state index in [1.807, 2.05) is 0 Å². The standard InChI is InChI=1S/C19H19N5O4/c1-26-15-9-13(10-16(27-2)18(15)28-3)6-7-17(25)23-14-5-4-8-21-19(14)24-12-20-11-22-24/h4-12H,1-3H3,(H,23,25)/b7-6+. The zero-order valence-corrected chi connectivity index (χ0v) is 15.6. The Kier molecular flexibility index (Phi) is 5.85. The number of amides is 1. The minimum Gasteiger partial charge on any atom is -0.493 e. The van der Waals surface area contributed by atoms with Crippen LogP contribution in [0.5, 0.6) is 17.2 Å². The van der Waals surface area contributed by atoms with Crippen LogP contribution in [0.2, 0.25) is 0 Å². The highest BCUT2D eigenvalue weighted by atomic mass is 16.5. The molecule has 0 unspecified atom stereocenters. The van der Waals surface area contributed by atoms with Gasteiger partial charge in [-0.25, -0.2) is 14.6 Å². The van der Waals surface area contributed by atoms with Crippen molar-refractivity contribution in [1.82, 2.24) is 19.7 Å². The molecule has 28 heavy (non-hydrogen) atoms. The quantitative estimate of drug-likeness (QED) is 0.627. The Labute approximate surface area is 161 Å². The van der Waals surface area contributed by atoms with E-state index in [-0.39, 0.29) is 5.91 Å². The normalized spacial score (nSPS) is 10.7. The van der Waals surface area contributed by atoms with Gasteiger partial charge in [-0.05, 0) is 35.9 Å². The molecule has 2 heterocycles. The van der Waals surface area contributed by atoms with E-state index in [0.717, 1.165) is 0 Å². The number of benzene rings is 1. The number of rotatable bonds is 7. The number of pyridine rings is 1. The SMILES string of the molecule is COc1cc(/C=C/C(=O)Nc2cccnc2-n2cncn2)cc(OC)c1OC. The molecule has 0 spiro atoms. The number of aromatic nitrogens is 4. The summed E-state index contributed by atoms with van der Waals surface area (Å²) in [4.78, 5) is 20.5. The van der Waals surface area contributed by atoms with Gasteiger partial charge >= 0.3 is 0 Å². The molecular formula is C19H19N5O4. The highest BCUT2D eigenvalue weighted by Crippen LogP contribution is 2.38. The van der Waals surface area contributed by atoms with Crippen LogP contribution in [0, 0.1) is 0 Å². The summed E-state index contributed by atoms with van der Waals surface area (Å²) in [6.07, 6.45) is 7.55. The fourth-order valence-corrected chi connectivity index (χ4v) is 2.54. The summed E-state index contributed by atoms with van der Waals surface area (Å²) < 4.78 is 17.4. The minimum absolute atomic E-state index is 0.330. The molecule has 2 aromatic heterocycles. The number of ether oxygens (including phenoxy) is 3. The Balaban J connectivity index is 1.80. The van der Waals surface area contributed by atoms with Crippen LogP contribution in [0.15, 0.2) is 49.2 Å². The summed E-state index contributed by atoms with van der Waals surface area (Å²) >= 11 is 0. The smallest absolute Gasteiger partial charge is 0.248 e. The Hall–Kier alpha value is -3.88. The Bertz CT molecular complexity index is 961. The second-order valence-corrected chi connectivity index (χ2v) is 5.50. The first kappa shape index (κ1) is 18.9. The fraction of sp³-hybridized carbons (Fsp3) is 0.158. The molecule has 0 atom stereocenters. The topological polar surface area (TPSA) is 100 Å². The van der Waals surface area contributed by atoms with Crippen molar-refractivity contribution in [3.63, 3.8) is 0 Å². The van der Waals surface area contributed by atoms with Crippen molar-refractivity contribution in [2.24, 2.45) is 0 Å². The van der Waals surface area contributed by atoms with Crippen LogP contribution in [0.3, 0.4) is 0 Å². The van der Waals surface area contributed by atoms with Gasteiger partial charge in [0.25, 0.3) is 0 Å². The molecule has 3 rings (SSSR count). The molecule has 0 aliphatic heterocycles. The van der Waals surface area contributed by atoms with E-state index in [1.165, 1.54) is 44.7 Å². The molecule has 0 saturated heterocycles. The lowest BCUT2D eigenvalue weighted by molar-refractivity contribution is -0.111. The lowest BCUT2D eigenvalue weighted by Crippen LogP contribution is -2.12. The predicted molar refractivity (Wildman–Crippen MR) is 103 cm³/mol. The van der Waals surface area contributed by atoms with Crippen molar-refractivity contribution in [3.05, 3.63) is 54.8 Å². The van der Waals surface area contributed by atoms with Gasteiger partial charge in [0.1, 0.15) is 12.7 Å². The maximum absolute atomic E-state index is 12.4. The molecule has 3 aromatic rings. The van der Waals surface area contributed by atoms with Gasteiger partial charge in [-0.1, -0.05) is 0 Å². The van der Waals surface area contributed by atoms with Gasteiger partial charge in [0.05, 0.1) is 27.0 Å². The van der Waals surface area contributed by atoms with Gasteiger partial charge in [-0.2, -0.15) is 5.10 Å². The summed E-state index contributed by atoms with van der Waals surface area (Å²) in [5.74, 6) is 1.63. The number of nitrogens with one attached hydrogen (secondary N) is 1. The first-order valence-electron chi connectivity index (χ1n) is 8.25. The van der Waals surface area contributed by atoms with Crippen molar-refractivity contribution in [1.29, 1.82) is 0 Å². The highest BCUT2D eigenvalue weighted by Gasteiger charge is 2.12. The molecule has 0 bridgehead atoms. The number of anilines is 1. The molecule has 1 amide bonds. The van der Waals surface area contributed by atoms with E-state index in [0.29, 0.717) is 34.3 Å². The molecule has 9 heteroatoms. The van der Waals surface area contributed by atoms with E-state index in [2.05, 4.69) is 20.4 Å². The zero-order valence-electron chi connectivity index (χ0n) is 15.6. The molecule has 1 aromatic carbocycles. The lowest BCUT2D eigenvalue weighted by atomic mass is 10.1. The summed E-state index contributed by atoms with van der Waals surface area (Å²) in [5, 5.41) is 6.82. The maximum atomic E-state index is 12.4. The van der Waals surface area contributed by atoms with E-state index in [1.54, 1.807) is 36.5 Å². The summed E-state index contributed by atoms with van der Waals surface area (Å²) in [5.41, 5.74) is 1.22. The second-order valence-electron chi connectivity index (χ2n) is 5.50. The molecule has 1 N–H and O–H groups in total. The molecule has 144 valence electrons. The average Bonchev–Trinajstić information content (AvgIpc) is 3.26. The van der Waals surface area contributed by atoms with Crippen molar-refractivity contribution in [3.8, 4) is 23.1 Å². The van der Waals surface area contributed by atoms with Crippen molar-refractivity contribution >= 4 is 17.7 Å². The highest BCUT2D eigenvalue weighted by molar-refractivity contribution is 6.02. The third kappa shape index (κ3) is 4.09. The lowest BCUT2D eigenvalue weighted by Gasteiger charge is -2.12. The van der Waals surface area contributed by atoms with Gasteiger partial charge in [0.2, 0.25) is 11.7 Å². The molecular weight excluding hydrogens is 362 g/mol. The summed E-state index contributed by atoms with van der Waals surface area (Å²) in [6, 6.07) is 6.94. The van der Waals surface area contributed by atoms with Gasteiger partial charge in [0, 0.05) is 12.3 Å². The van der Waals surface area contributed by atoms with E-state index < -0.39 is 0 Å². The van der Waals surface area contributed by atoms with Gasteiger partial charge in [0.15, 0.2) is 17.3 Å². The number of nitrogens with zero attached hydrogens (tertiary/aromatic N) is 4. The number of methoxy groups -OCH3 is 3. The van der Waals surface area contributed by atoms with Crippen molar-refractivity contribution < 1.29 is 19.0 Å². The number of hydrogen-bond donors (Lipinski definition) is 1. The Morgan fingerprint density at radius 2 is 1.89 bits per heavy atom. The first-order valence-corrected chi connectivity index (χ1v) is 8.25. The second kappa shape index (κ2) is 8.67. The van der Waals surface area contributed by atoms with E-state index in [4.69, 9.17) is 14.2 Å². The number of carbonyl (C=O) groups excluding carboxylic acids is 1. The van der Waals surface area contributed by atoms with E-state index >= 15 is 0 Å². The van der Waals surface area contributed by atoms with Gasteiger partial charge in [-0.15, -0.1) is 0 Å². The zero-order chi connectivity index (χ0) is 19.9. The van der Waals surface area contributed by atoms with Crippen LogP contribution >= 0.6 is 0 Å². The van der Waals surface area contributed by atoms with Crippen LogP contribution < -0.4 is 19.5 Å². The minimum atomic E-state index is -0.330. The summed E-state index contributed by atoms with van der Waals surface area (Å²) in [7, 11) is 4.60. The van der Waals surface area contributed by atoms with Gasteiger partial charge in [-0.3, -0.25) is 4.79 Å². The monoisotopic (exact) mass is 381 g/mol. The van der Waals surface area contributed by atoms with Crippen LogP contribution in [-0.4, -0.2) is 47.0 Å². The van der Waals surface area contributed by atoms with Crippen LogP contribution in [0.4, 0.5) is 5.69 Å². The molecule has 0 aliphatic rings. The predicted octanol–water partition coefficient (Wildman–Crippen LogP) is 2.34. The summed E-state index contributed by atoms with van der Waals surface area (Å²) in [6.45, 7) is 0. The van der Waals surface area contributed by atoms with Crippen molar-refractivity contribution in [2.45, 2.75) is 0 Å². The van der Waals surface area contributed by atoms with Gasteiger partial charge < -0.3 is 19.5 Å². The molecule has 9 nitrogen and oxygen atoms in total. The van der Waals surface area contributed by atoms with Crippen LogP contribution in [-0.2, 0) is 4.79 Å². The van der Waals surface area contributed by atoms with Crippen molar-refractivity contribution in [2.75, 3.05) is 26.6 Å². The fourth-order valence-electron chi connectivity index (χ4n) is 2.54. The first-order chi connectivity index (χ1) is 13.7. The Morgan fingerprint density at radius 1 is 1.14 bits per heavy atom. The average molecular weight is 381 g/mol. The van der Waals surface area contributed by atoms with Crippen LogP contribution in [0.25, 0.3) is 11.9 Å². The van der Waals surface area contributed by atoms with E-state index in [9.17, 15) is 4.79 Å². The molecule has 0 saturated carbocycles. The molecule has 0 radical (unpaired) electrons. The van der Waals surface area contributed by atoms with Crippen LogP contribution in [0.1, 0.15) is 5.56 Å². The third-order valence-electron chi connectivity index (χ3n) is 3.79. The Morgan fingerprint density at radius 3 is 2.50 bits per heavy atom. The maximum Gasteiger partial charge on any atom is 0.248 e. The third-order valence-corrected chi connectivity index (χ3v) is 3.79.